The van der Waals surface area contributed by atoms with Crippen LogP contribution in [0.15, 0.2) is 24.4 Å². The van der Waals surface area contributed by atoms with Gasteiger partial charge in [0.25, 0.3) is 0 Å². The Balaban J connectivity index is 2.13. The van der Waals surface area contributed by atoms with Gasteiger partial charge in [0.05, 0.1) is 6.04 Å². The summed E-state index contributed by atoms with van der Waals surface area (Å²) < 4.78 is 0. The quantitative estimate of drug-likeness (QED) is 0.824. The van der Waals surface area contributed by atoms with E-state index in [0.29, 0.717) is 0 Å². The molecule has 0 saturated heterocycles. The van der Waals surface area contributed by atoms with Gasteiger partial charge in [0.2, 0.25) is 0 Å². The Morgan fingerprint density at radius 2 is 2.22 bits per heavy atom. The molecule has 4 heteroatoms. The van der Waals surface area contributed by atoms with Crippen molar-refractivity contribution < 1.29 is 0 Å². The number of nitrogens with one attached hydrogen (secondary N) is 1. The largest absolute Gasteiger partial charge is 0.399 e. The van der Waals surface area contributed by atoms with Crippen LogP contribution in [0.2, 0.25) is 0 Å². The number of nitrogens with zero attached hydrogens (tertiary/aromatic N) is 1. The lowest BCUT2D eigenvalue weighted by molar-refractivity contribution is 0.867. The highest BCUT2D eigenvalue weighted by atomic mass is 32.1. The van der Waals surface area contributed by atoms with Crippen LogP contribution in [0.4, 0.5) is 11.4 Å². The molecule has 1 unspecified atom stereocenters. The molecule has 0 bridgehead atoms. The van der Waals surface area contributed by atoms with Crippen molar-refractivity contribution in [2.24, 2.45) is 0 Å². The van der Waals surface area contributed by atoms with Crippen molar-refractivity contribution in [2.45, 2.75) is 33.2 Å². The van der Waals surface area contributed by atoms with Crippen LogP contribution >= 0.6 is 11.3 Å². The lowest BCUT2D eigenvalue weighted by Crippen LogP contribution is -2.07. The van der Waals surface area contributed by atoms with E-state index in [4.69, 9.17) is 5.73 Å². The molecule has 3 N–H and O–H groups in total. The number of rotatable bonds is 4. The van der Waals surface area contributed by atoms with Crippen molar-refractivity contribution >= 4 is 22.7 Å². The van der Waals surface area contributed by atoms with E-state index in [2.05, 4.69) is 31.1 Å². The van der Waals surface area contributed by atoms with E-state index in [0.717, 1.165) is 28.4 Å². The highest BCUT2D eigenvalue weighted by molar-refractivity contribution is 7.11. The fourth-order valence-electron chi connectivity index (χ4n) is 1.83. The maximum absolute atomic E-state index is 5.75. The smallest absolute Gasteiger partial charge is 0.115 e. The summed E-state index contributed by atoms with van der Waals surface area (Å²) in [4.78, 5) is 5.79. The molecule has 2 rings (SSSR count). The maximum atomic E-state index is 5.75. The SMILES string of the molecule is CCc1cnc(C(C)Nc2ccc(N)cc2C)s1. The highest BCUT2D eigenvalue weighted by Crippen LogP contribution is 2.26. The summed E-state index contributed by atoms with van der Waals surface area (Å²) in [6, 6.07) is 6.14. The number of nitrogens with two attached hydrogens (primary N) is 1. The molecule has 1 aromatic heterocycles. The number of hydrogen-bond donors (Lipinski definition) is 2. The van der Waals surface area contributed by atoms with Gasteiger partial charge in [-0.15, -0.1) is 11.3 Å². The Morgan fingerprint density at radius 3 is 2.83 bits per heavy atom. The third-order valence-corrected chi connectivity index (χ3v) is 4.24. The maximum Gasteiger partial charge on any atom is 0.115 e. The molecular formula is C14H19N3S. The van der Waals surface area contributed by atoms with E-state index in [9.17, 15) is 0 Å². The Bertz CT molecular complexity index is 534. The number of anilines is 2. The summed E-state index contributed by atoms with van der Waals surface area (Å²) in [5, 5.41) is 4.61. The lowest BCUT2D eigenvalue weighted by atomic mass is 10.1. The van der Waals surface area contributed by atoms with Crippen molar-refractivity contribution in [3.63, 3.8) is 0 Å². The number of benzene rings is 1. The van der Waals surface area contributed by atoms with Crippen molar-refractivity contribution in [2.75, 3.05) is 11.1 Å². The summed E-state index contributed by atoms with van der Waals surface area (Å²) in [6.07, 6.45) is 3.01. The van der Waals surface area contributed by atoms with Crippen molar-refractivity contribution in [1.82, 2.24) is 4.98 Å². The first-order chi connectivity index (χ1) is 8.60. The number of aromatic nitrogens is 1. The van der Waals surface area contributed by atoms with Crippen LogP contribution in [0.1, 0.15) is 35.3 Å². The minimum Gasteiger partial charge on any atom is -0.399 e. The third kappa shape index (κ3) is 2.82. The van der Waals surface area contributed by atoms with Gasteiger partial charge in [-0.3, -0.25) is 0 Å². The predicted octanol–water partition coefficient (Wildman–Crippen LogP) is 3.77. The second-order valence-electron chi connectivity index (χ2n) is 4.46. The molecule has 3 nitrogen and oxygen atoms in total. The summed E-state index contributed by atoms with van der Waals surface area (Å²) in [5.41, 5.74) is 8.83. The zero-order chi connectivity index (χ0) is 13.1. The first-order valence-corrected chi connectivity index (χ1v) is 6.99. The molecule has 0 amide bonds. The van der Waals surface area contributed by atoms with Crippen molar-refractivity contribution in [3.05, 3.63) is 39.8 Å². The van der Waals surface area contributed by atoms with Gasteiger partial charge in [-0.2, -0.15) is 0 Å². The van der Waals surface area contributed by atoms with E-state index in [1.165, 1.54) is 4.88 Å². The molecule has 18 heavy (non-hydrogen) atoms. The fourth-order valence-corrected chi connectivity index (χ4v) is 2.69. The Morgan fingerprint density at radius 1 is 1.44 bits per heavy atom. The van der Waals surface area contributed by atoms with Crippen LogP contribution in [0.5, 0.6) is 0 Å². The second kappa shape index (κ2) is 5.40. The monoisotopic (exact) mass is 261 g/mol. The van der Waals surface area contributed by atoms with E-state index in [1.54, 1.807) is 11.3 Å². The summed E-state index contributed by atoms with van der Waals surface area (Å²) in [5.74, 6) is 0. The molecule has 0 radical (unpaired) electrons. The molecule has 0 aliphatic heterocycles. The van der Waals surface area contributed by atoms with Crippen LogP contribution in [0, 0.1) is 6.92 Å². The Labute approximate surface area is 112 Å². The number of thiazole rings is 1. The number of aryl methyl sites for hydroxylation is 2. The van der Waals surface area contributed by atoms with Crippen molar-refractivity contribution in [3.8, 4) is 0 Å². The van der Waals surface area contributed by atoms with Gasteiger partial charge in [-0.1, -0.05) is 6.92 Å². The van der Waals surface area contributed by atoms with Crippen LogP contribution in [-0.4, -0.2) is 4.98 Å². The third-order valence-electron chi connectivity index (χ3n) is 2.91. The van der Waals surface area contributed by atoms with Gasteiger partial charge in [0.1, 0.15) is 5.01 Å². The zero-order valence-electron chi connectivity index (χ0n) is 11.0. The van der Waals surface area contributed by atoms with Crippen LogP contribution < -0.4 is 11.1 Å². The van der Waals surface area contributed by atoms with Gasteiger partial charge in [0, 0.05) is 22.4 Å². The lowest BCUT2D eigenvalue weighted by Gasteiger charge is -2.15. The average molecular weight is 261 g/mol. The van der Waals surface area contributed by atoms with Gasteiger partial charge < -0.3 is 11.1 Å². The first kappa shape index (κ1) is 12.9. The topological polar surface area (TPSA) is 50.9 Å². The molecule has 0 aliphatic carbocycles. The van der Waals surface area contributed by atoms with Gasteiger partial charge in [-0.25, -0.2) is 4.98 Å². The molecule has 1 heterocycles. The molecule has 0 aliphatic rings. The molecule has 1 atom stereocenters. The zero-order valence-corrected chi connectivity index (χ0v) is 11.8. The minimum atomic E-state index is 0.220. The molecular weight excluding hydrogens is 242 g/mol. The summed E-state index contributed by atoms with van der Waals surface area (Å²) in [7, 11) is 0. The molecule has 2 aromatic rings. The van der Waals surface area contributed by atoms with Crippen LogP contribution in [0.3, 0.4) is 0 Å². The number of hydrogen-bond acceptors (Lipinski definition) is 4. The Kier molecular flexibility index (Phi) is 3.87. The summed E-state index contributed by atoms with van der Waals surface area (Å²) >= 11 is 1.77. The van der Waals surface area contributed by atoms with E-state index in [-0.39, 0.29) is 6.04 Å². The Hall–Kier alpha value is -1.55. The van der Waals surface area contributed by atoms with E-state index >= 15 is 0 Å². The normalized spacial score (nSPS) is 12.4. The van der Waals surface area contributed by atoms with E-state index in [1.807, 2.05) is 24.4 Å². The molecule has 0 spiro atoms. The van der Waals surface area contributed by atoms with Crippen molar-refractivity contribution in [1.29, 1.82) is 0 Å². The highest BCUT2D eigenvalue weighted by Gasteiger charge is 2.11. The second-order valence-corrected chi connectivity index (χ2v) is 5.61. The van der Waals surface area contributed by atoms with Crippen LogP contribution in [-0.2, 0) is 6.42 Å². The van der Waals surface area contributed by atoms with Gasteiger partial charge >= 0.3 is 0 Å². The first-order valence-electron chi connectivity index (χ1n) is 6.17. The molecule has 96 valence electrons. The molecule has 0 saturated carbocycles. The number of nitrogen functional groups attached to an aromatic ring is 1. The fraction of sp³-hybridized carbons (Fsp3) is 0.357. The minimum absolute atomic E-state index is 0.220. The molecule has 1 aromatic carbocycles. The van der Waals surface area contributed by atoms with Gasteiger partial charge in [0.15, 0.2) is 0 Å². The predicted molar refractivity (Wildman–Crippen MR) is 79.1 cm³/mol. The summed E-state index contributed by atoms with van der Waals surface area (Å²) in [6.45, 7) is 6.35. The van der Waals surface area contributed by atoms with Crippen LogP contribution in [0.25, 0.3) is 0 Å². The van der Waals surface area contributed by atoms with E-state index < -0.39 is 0 Å². The molecule has 0 fully saturated rings. The van der Waals surface area contributed by atoms with Gasteiger partial charge in [-0.05, 0) is 44.0 Å². The average Bonchev–Trinajstić information content (AvgIpc) is 2.81. The standard InChI is InChI=1S/C14H19N3S/c1-4-12-8-16-14(18-12)10(3)17-13-6-5-11(15)7-9(13)2/h5-8,10,17H,4,15H2,1-3H3.